The van der Waals surface area contributed by atoms with Crippen LogP contribution in [0, 0.1) is 16.0 Å². The van der Waals surface area contributed by atoms with Crippen LogP contribution in [-0.2, 0) is 16.1 Å². The first kappa shape index (κ1) is 20.9. The largest absolute Gasteiger partial charge is 0.486 e. The smallest absolute Gasteiger partial charge is 0.269 e. The molecule has 2 aliphatic rings. The van der Waals surface area contributed by atoms with Crippen molar-refractivity contribution < 1.29 is 24.0 Å². The van der Waals surface area contributed by atoms with Crippen molar-refractivity contribution in [2.24, 2.45) is 5.92 Å². The van der Waals surface area contributed by atoms with Crippen molar-refractivity contribution in [1.82, 2.24) is 4.90 Å². The quantitative estimate of drug-likeness (QED) is 0.517. The highest BCUT2D eigenvalue weighted by atomic mass is 35.5. The van der Waals surface area contributed by atoms with Gasteiger partial charge in [0.25, 0.3) is 5.69 Å². The number of amides is 2. The molecule has 4 rings (SSSR count). The molecular weight excluding hydrogens is 426 g/mol. The lowest BCUT2D eigenvalue weighted by Gasteiger charge is -2.23. The molecule has 2 aromatic rings. The maximum atomic E-state index is 13.0. The van der Waals surface area contributed by atoms with Crippen molar-refractivity contribution >= 4 is 34.8 Å². The highest BCUT2D eigenvalue weighted by Gasteiger charge is 2.37. The van der Waals surface area contributed by atoms with E-state index >= 15 is 0 Å². The van der Waals surface area contributed by atoms with E-state index in [0.717, 1.165) is 0 Å². The summed E-state index contributed by atoms with van der Waals surface area (Å²) in [5.41, 5.74) is 1.02. The Morgan fingerprint density at radius 3 is 2.71 bits per heavy atom. The van der Waals surface area contributed by atoms with Crippen LogP contribution in [-0.4, -0.2) is 48.4 Å². The Morgan fingerprint density at radius 2 is 1.97 bits per heavy atom. The Morgan fingerprint density at radius 1 is 1.23 bits per heavy atom. The number of rotatable bonds is 5. The van der Waals surface area contributed by atoms with Gasteiger partial charge in [0, 0.05) is 55.5 Å². The lowest BCUT2D eigenvalue weighted by Crippen LogP contribution is -2.34. The van der Waals surface area contributed by atoms with Crippen molar-refractivity contribution in [2.45, 2.75) is 13.0 Å². The van der Waals surface area contributed by atoms with Gasteiger partial charge in [-0.2, -0.15) is 0 Å². The molecule has 0 aliphatic carbocycles. The van der Waals surface area contributed by atoms with E-state index < -0.39 is 10.8 Å². The summed E-state index contributed by atoms with van der Waals surface area (Å²) in [5, 5.41) is 11.4. The average molecular weight is 446 g/mol. The molecule has 2 amide bonds. The molecule has 10 heteroatoms. The molecule has 1 atom stereocenters. The van der Waals surface area contributed by atoms with Gasteiger partial charge in [-0.1, -0.05) is 11.6 Å². The van der Waals surface area contributed by atoms with E-state index in [1.54, 1.807) is 30.1 Å². The number of hydrogen-bond acceptors (Lipinski definition) is 6. The van der Waals surface area contributed by atoms with E-state index in [-0.39, 0.29) is 37.0 Å². The predicted octanol–water partition coefficient (Wildman–Crippen LogP) is 3.03. The fourth-order valence-electron chi connectivity index (χ4n) is 3.76. The number of halogens is 1. The second-order valence-electron chi connectivity index (χ2n) is 7.46. The molecule has 0 saturated carbocycles. The fourth-order valence-corrected chi connectivity index (χ4v) is 3.94. The maximum absolute atomic E-state index is 13.0. The second-order valence-corrected chi connectivity index (χ2v) is 7.87. The van der Waals surface area contributed by atoms with Crippen molar-refractivity contribution in [2.75, 3.05) is 31.7 Å². The number of benzene rings is 2. The van der Waals surface area contributed by atoms with Crippen molar-refractivity contribution in [3.05, 3.63) is 57.1 Å². The Hall–Kier alpha value is -3.33. The van der Waals surface area contributed by atoms with Crippen LogP contribution in [0.3, 0.4) is 0 Å². The molecule has 0 spiro atoms. The number of fused-ring (bicyclic) bond motifs is 1. The van der Waals surface area contributed by atoms with E-state index in [4.69, 9.17) is 21.1 Å². The van der Waals surface area contributed by atoms with Crippen LogP contribution in [0.1, 0.15) is 12.0 Å². The standard InChI is InChI=1S/C21H20ClN3O6/c1-23(11-13-8-16(25(28)29)2-4-17(13)22)21(27)14-9-20(26)24(12-14)15-3-5-18-19(10-15)31-7-6-30-18/h2-5,8,10,14H,6-7,9,11-12H2,1H3. The Bertz CT molecular complexity index is 1060. The number of nitro benzene ring substituents is 1. The van der Waals surface area contributed by atoms with Gasteiger partial charge in [-0.05, 0) is 23.8 Å². The number of carbonyl (C=O) groups excluding carboxylic acids is 2. The summed E-state index contributed by atoms with van der Waals surface area (Å²) in [4.78, 5) is 39.1. The summed E-state index contributed by atoms with van der Waals surface area (Å²) in [6, 6.07) is 9.37. The average Bonchev–Trinajstić information content (AvgIpc) is 3.15. The minimum Gasteiger partial charge on any atom is -0.486 e. The zero-order valence-electron chi connectivity index (χ0n) is 16.7. The number of nitrogens with zero attached hydrogens (tertiary/aromatic N) is 3. The molecule has 1 fully saturated rings. The summed E-state index contributed by atoms with van der Waals surface area (Å²) in [7, 11) is 1.59. The minimum absolute atomic E-state index is 0.0836. The van der Waals surface area contributed by atoms with E-state index in [1.807, 2.05) is 0 Å². The van der Waals surface area contributed by atoms with Gasteiger partial charge in [0.1, 0.15) is 13.2 Å². The molecular formula is C21H20ClN3O6. The number of ether oxygens (including phenoxy) is 2. The van der Waals surface area contributed by atoms with Gasteiger partial charge in [0.2, 0.25) is 11.8 Å². The normalized spacial score (nSPS) is 17.5. The molecule has 1 unspecified atom stereocenters. The molecule has 0 N–H and O–H groups in total. The lowest BCUT2D eigenvalue weighted by atomic mass is 10.1. The van der Waals surface area contributed by atoms with Gasteiger partial charge >= 0.3 is 0 Å². The van der Waals surface area contributed by atoms with Gasteiger partial charge in [0.15, 0.2) is 11.5 Å². The monoisotopic (exact) mass is 445 g/mol. The predicted molar refractivity (Wildman–Crippen MR) is 112 cm³/mol. The van der Waals surface area contributed by atoms with Crippen LogP contribution in [0.2, 0.25) is 5.02 Å². The van der Waals surface area contributed by atoms with Crippen LogP contribution in [0.4, 0.5) is 11.4 Å². The fraction of sp³-hybridized carbons (Fsp3) is 0.333. The summed E-state index contributed by atoms with van der Waals surface area (Å²) in [6.45, 7) is 1.27. The molecule has 1 saturated heterocycles. The van der Waals surface area contributed by atoms with Crippen molar-refractivity contribution in [3.8, 4) is 11.5 Å². The third-order valence-corrected chi connectivity index (χ3v) is 5.70. The first-order chi connectivity index (χ1) is 14.8. The van der Waals surface area contributed by atoms with Crippen LogP contribution in [0.5, 0.6) is 11.5 Å². The molecule has 31 heavy (non-hydrogen) atoms. The SMILES string of the molecule is CN(Cc1cc([N+](=O)[O-])ccc1Cl)C(=O)C1CC(=O)N(c2ccc3c(c2)OCCO3)C1. The third-order valence-electron chi connectivity index (χ3n) is 5.34. The summed E-state index contributed by atoms with van der Waals surface area (Å²) in [5.74, 6) is 0.294. The van der Waals surface area contributed by atoms with Gasteiger partial charge < -0.3 is 19.3 Å². The van der Waals surface area contributed by atoms with E-state index in [0.29, 0.717) is 41.0 Å². The van der Waals surface area contributed by atoms with E-state index in [9.17, 15) is 19.7 Å². The number of nitro groups is 1. The molecule has 0 bridgehead atoms. The molecule has 2 aliphatic heterocycles. The van der Waals surface area contributed by atoms with Crippen LogP contribution < -0.4 is 14.4 Å². The Balaban J connectivity index is 1.46. The second kappa shape index (κ2) is 8.43. The molecule has 2 aromatic carbocycles. The minimum atomic E-state index is -0.525. The highest BCUT2D eigenvalue weighted by molar-refractivity contribution is 6.31. The third kappa shape index (κ3) is 4.27. The first-order valence-electron chi connectivity index (χ1n) is 9.71. The van der Waals surface area contributed by atoms with Gasteiger partial charge in [-0.25, -0.2) is 0 Å². The molecule has 9 nitrogen and oxygen atoms in total. The number of non-ortho nitro benzene ring substituents is 1. The summed E-state index contributed by atoms with van der Waals surface area (Å²) in [6.07, 6.45) is 0.0836. The van der Waals surface area contributed by atoms with E-state index in [1.165, 1.54) is 23.1 Å². The number of carbonyl (C=O) groups is 2. The van der Waals surface area contributed by atoms with E-state index in [2.05, 4.69) is 0 Å². The summed E-state index contributed by atoms with van der Waals surface area (Å²) >= 11 is 6.15. The van der Waals surface area contributed by atoms with Crippen LogP contribution >= 0.6 is 11.6 Å². The van der Waals surface area contributed by atoms with Gasteiger partial charge in [-0.3, -0.25) is 19.7 Å². The maximum Gasteiger partial charge on any atom is 0.269 e. The van der Waals surface area contributed by atoms with Crippen molar-refractivity contribution in [3.63, 3.8) is 0 Å². The van der Waals surface area contributed by atoms with Crippen LogP contribution in [0.25, 0.3) is 0 Å². The Labute approximate surface area is 183 Å². The van der Waals surface area contributed by atoms with Crippen LogP contribution in [0.15, 0.2) is 36.4 Å². The zero-order valence-corrected chi connectivity index (χ0v) is 17.5. The Kier molecular flexibility index (Phi) is 5.69. The van der Waals surface area contributed by atoms with Crippen molar-refractivity contribution in [1.29, 1.82) is 0 Å². The number of hydrogen-bond donors (Lipinski definition) is 0. The topological polar surface area (TPSA) is 102 Å². The van der Waals surface area contributed by atoms with Gasteiger partial charge in [-0.15, -0.1) is 0 Å². The number of anilines is 1. The first-order valence-corrected chi connectivity index (χ1v) is 10.1. The van der Waals surface area contributed by atoms with Gasteiger partial charge in [0.05, 0.1) is 10.8 Å². The molecule has 0 radical (unpaired) electrons. The molecule has 0 aromatic heterocycles. The lowest BCUT2D eigenvalue weighted by molar-refractivity contribution is -0.384. The molecule has 2 heterocycles. The summed E-state index contributed by atoms with van der Waals surface area (Å²) < 4.78 is 11.1. The highest BCUT2D eigenvalue weighted by Crippen LogP contribution is 2.36. The molecule has 162 valence electrons. The zero-order chi connectivity index (χ0) is 22.1.